The number of hydrogen-bond acceptors (Lipinski definition) is 5. The van der Waals surface area contributed by atoms with Crippen LogP contribution < -0.4 is 19.1 Å². The van der Waals surface area contributed by atoms with Gasteiger partial charge in [0.15, 0.2) is 11.5 Å². The first-order chi connectivity index (χ1) is 17.1. The SMILES string of the molecule is CC(C)c1ccccc1OC(CCN1CCN(c2ccc(F)cc2)CC1)c1ccc2c(c1)OCO2. The van der Waals surface area contributed by atoms with Crippen LogP contribution in [0.2, 0.25) is 0 Å². The molecule has 0 aliphatic carbocycles. The van der Waals surface area contributed by atoms with Crippen LogP contribution in [0.4, 0.5) is 10.1 Å². The van der Waals surface area contributed by atoms with Crippen LogP contribution in [-0.2, 0) is 0 Å². The fourth-order valence-electron chi connectivity index (χ4n) is 4.81. The van der Waals surface area contributed by atoms with Crippen LogP contribution >= 0.6 is 0 Å². The van der Waals surface area contributed by atoms with E-state index in [1.54, 1.807) is 0 Å². The minimum atomic E-state index is -0.194. The highest BCUT2D eigenvalue weighted by atomic mass is 19.1. The molecular formula is C29H33FN2O3. The van der Waals surface area contributed by atoms with Crippen LogP contribution in [0.5, 0.6) is 17.2 Å². The predicted octanol–water partition coefficient (Wildman–Crippen LogP) is 6.01. The molecule has 0 bridgehead atoms. The van der Waals surface area contributed by atoms with Gasteiger partial charge in [-0.25, -0.2) is 4.39 Å². The lowest BCUT2D eigenvalue weighted by Crippen LogP contribution is -2.46. The Kier molecular flexibility index (Phi) is 7.09. The van der Waals surface area contributed by atoms with Crippen molar-refractivity contribution in [2.24, 2.45) is 0 Å². The minimum absolute atomic E-state index is 0.0977. The lowest BCUT2D eigenvalue weighted by Gasteiger charge is -2.36. The quantitative estimate of drug-likeness (QED) is 0.398. The van der Waals surface area contributed by atoms with E-state index < -0.39 is 0 Å². The number of halogens is 1. The molecule has 0 radical (unpaired) electrons. The Morgan fingerprint density at radius 2 is 1.63 bits per heavy atom. The van der Waals surface area contributed by atoms with Crippen molar-refractivity contribution in [2.45, 2.75) is 32.3 Å². The molecule has 0 N–H and O–H groups in total. The van der Waals surface area contributed by atoms with Gasteiger partial charge in [0.25, 0.3) is 0 Å². The summed E-state index contributed by atoms with van der Waals surface area (Å²) >= 11 is 0. The number of para-hydroxylation sites is 1. The van der Waals surface area contributed by atoms with Gasteiger partial charge in [-0.2, -0.15) is 0 Å². The molecule has 0 spiro atoms. The summed E-state index contributed by atoms with van der Waals surface area (Å²) in [7, 11) is 0. The minimum Gasteiger partial charge on any atom is -0.485 e. The van der Waals surface area contributed by atoms with E-state index >= 15 is 0 Å². The molecule has 5 rings (SSSR count). The summed E-state index contributed by atoms with van der Waals surface area (Å²) < 4.78 is 31.1. The molecule has 35 heavy (non-hydrogen) atoms. The van der Waals surface area contributed by atoms with Crippen molar-refractivity contribution < 1.29 is 18.6 Å². The van der Waals surface area contributed by atoms with Crippen LogP contribution in [0, 0.1) is 5.82 Å². The lowest BCUT2D eigenvalue weighted by atomic mass is 10.0. The molecule has 0 aromatic heterocycles. The standard InChI is InChI=1S/C29H33FN2O3/c1-21(2)25-5-3-4-6-27(25)35-26(22-7-12-28-29(19-22)34-20-33-28)13-14-31-15-17-32(18-16-31)24-10-8-23(30)9-11-24/h3-12,19,21,26H,13-18,20H2,1-2H3. The highest BCUT2D eigenvalue weighted by Crippen LogP contribution is 2.37. The Bertz CT molecular complexity index is 1130. The molecule has 2 aliphatic rings. The molecule has 3 aromatic rings. The van der Waals surface area contributed by atoms with Crippen LogP contribution in [0.15, 0.2) is 66.7 Å². The lowest BCUT2D eigenvalue weighted by molar-refractivity contribution is 0.158. The molecule has 1 unspecified atom stereocenters. The van der Waals surface area contributed by atoms with Gasteiger partial charge in [0, 0.05) is 44.8 Å². The van der Waals surface area contributed by atoms with Gasteiger partial charge in [-0.1, -0.05) is 38.1 Å². The molecule has 1 atom stereocenters. The van der Waals surface area contributed by atoms with E-state index in [9.17, 15) is 4.39 Å². The summed E-state index contributed by atoms with van der Waals surface area (Å²) in [6.45, 7) is 9.37. The Hall–Kier alpha value is -3.25. The molecule has 1 fully saturated rings. The van der Waals surface area contributed by atoms with Gasteiger partial charge in [0.1, 0.15) is 17.7 Å². The Morgan fingerprint density at radius 1 is 0.886 bits per heavy atom. The maximum atomic E-state index is 13.3. The van der Waals surface area contributed by atoms with Crippen molar-refractivity contribution in [2.75, 3.05) is 44.4 Å². The number of fused-ring (bicyclic) bond motifs is 1. The Labute approximate surface area is 207 Å². The van der Waals surface area contributed by atoms with E-state index in [1.165, 1.54) is 17.7 Å². The first kappa shape index (κ1) is 23.5. The smallest absolute Gasteiger partial charge is 0.231 e. The number of ether oxygens (including phenoxy) is 3. The molecule has 6 heteroatoms. The molecule has 0 amide bonds. The first-order valence-corrected chi connectivity index (χ1v) is 12.4. The van der Waals surface area contributed by atoms with Gasteiger partial charge in [-0.05, 0) is 59.5 Å². The number of hydrogen-bond donors (Lipinski definition) is 0. The third-order valence-corrected chi connectivity index (χ3v) is 6.85. The zero-order valence-corrected chi connectivity index (χ0v) is 20.5. The zero-order chi connectivity index (χ0) is 24.2. The number of benzene rings is 3. The zero-order valence-electron chi connectivity index (χ0n) is 20.5. The third-order valence-electron chi connectivity index (χ3n) is 6.85. The van der Waals surface area contributed by atoms with E-state index in [4.69, 9.17) is 14.2 Å². The van der Waals surface area contributed by atoms with Crippen molar-refractivity contribution in [1.82, 2.24) is 4.90 Å². The average molecular weight is 477 g/mol. The second-order valence-electron chi connectivity index (χ2n) is 9.51. The molecule has 2 aliphatic heterocycles. The summed E-state index contributed by atoms with van der Waals surface area (Å²) in [4.78, 5) is 4.80. The summed E-state index contributed by atoms with van der Waals surface area (Å²) in [6.07, 6.45) is 0.766. The monoisotopic (exact) mass is 476 g/mol. The van der Waals surface area contributed by atoms with E-state index in [0.717, 1.165) is 67.6 Å². The third kappa shape index (κ3) is 5.54. The first-order valence-electron chi connectivity index (χ1n) is 12.4. The van der Waals surface area contributed by atoms with Crippen LogP contribution in [0.1, 0.15) is 43.4 Å². The molecule has 0 saturated carbocycles. The second kappa shape index (κ2) is 10.6. The fourth-order valence-corrected chi connectivity index (χ4v) is 4.81. The van der Waals surface area contributed by atoms with Crippen molar-refractivity contribution in [1.29, 1.82) is 0 Å². The summed E-state index contributed by atoms with van der Waals surface area (Å²) in [5.74, 6) is 2.68. The van der Waals surface area contributed by atoms with Gasteiger partial charge in [0.2, 0.25) is 6.79 Å². The highest BCUT2D eigenvalue weighted by Gasteiger charge is 2.23. The van der Waals surface area contributed by atoms with E-state index in [2.05, 4.69) is 54.0 Å². The van der Waals surface area contributed by atoms with Crippen LogP contribution in [0.25, 0.3) is 0 Å². The average Bonchev–Trinajstić information content (AvgIpc) is 3.35. The highest BCUT2D eigenvalue weighted by molar-refractivity contribution is 5.47. The summed E-state index contributed by atoms with van der Waals surface area (Å²) in [6, 6.07) is 21.2. The maximum Gasteiger partial charge on any atom is 0.231 e. The molecule has 3 aromatic carbocycles. The second-order valence-corrected chi connectivity index (χ2v) is 9.51. The van der Waals surface area contributed by atoms with Crippen LogP contribution in [0.3, 0.4) is 0 Å². The van der Waals surface area contributed by atoms with Gasteiger partial charge in [0.05, 0.1) is 0 Å². The molecule has 5 nitrogen and oxygen atoms in total. The summed E-state index contributed by atoms with van der Waals surface area (Å²) in [5, 5.41) is 0. The predicted molar refractivity (Wildman–Crippen MR) is 136 cm³/mol. The fraction of sp³-hybridized carbons (Fsp3) is 0.379. The topological polar surface area (TPSA) is 34.2 Å². The van der Waals surface area contributed by atoms with Gasteiger partial charge >= 0.3 is 0 Å². The number of anilines is 1. The van der Waals surface area contributed by atoms with Gasteiger partial charge in [-0.3, -0.25) is 4.90 Å². The Balaban J connectivity index is 1.27. The van der Waals surface area contributed by atoms with E-state index in [1.807, 2.05) is 24.3 Å². The maximum absolute atomic E-state index is 13.3. The van der Waals surface area contributed by atoms with Crippen LogP contribution in [-0.4, -0.2) is 44.4 Å². The van der Waals surface area contributed by atoms with Crippen molar-refractivity contribution in [3.63, 3.8) is 0 Å². The molecule has 2 heterocycles. The number of rotatable bonds is 8. The van der Waals surface area contributed by atoms with Gasteiger partial charge in [-0.15, -0.1) is 0 Å². The molecular weight excluding hydrogens is 443 g/mol. The Morgan fingerprint density at radius 3 is 2.40 bits per heavy atom. The summed E-state index contributed by atoms with van der Waals surface area (Å²) in [5.41, 5.74) is 3.39. The van der Waals surface area contributed by atoms with E-state index in [0.29, 0.717) is 5.92 Å². The number of nitrogens with zero attached hydrogens (tertiary/aromatic N) is 2. The molecule has 184 valence electrons. The van der Waals surface area contributed by atoms with E-state index in [-0.39, 0.29) is 18.7 Å². The van der Waals surface area contributed by atoms with Crippen molar-refractivity contribution in [3.8, 4) is 17.2 Å². The van der Waals surface area contributed by atoms with Gasteiger partial charge < -0.3 is 19.1 Å². The normalized spacial score (nSPS) is 16.5. The number of piperazine rings is 1. The van der Waals surface area contributed by atoms with Crippen molar-refractivity contribution in [3.05, 3.63) is 83.7 Å². The molecule has 1 saturated heterocycles. The van der Waals surface area contributed by atoms with Crippen molar-refractivity contribution >= 4 is 5.69 Å². The largest absolute Gasteiger partial charge is 0.485 e.